The van der Waals surface area contributed by atoms with Crippen molar-refractivity contribution in [1.82, 2.24) is 4.57 Å². The van der Waals surface area contributed by atoms with Crippen LogP contribution in [0, 0.1) is 0 Å². The number of fused-ring (bicyclic) bond motifs is 1. The first-order chi connectivity index (χ1) is 17.0. The lowest BCUT2D eigenvalue weighted by molar-refractivity contribution is -0.116. The Morgan fingerprint density at radius 3 is 2.20 bits per heavy atom. The molecular formula is C29H30N2O4. The summed E-state index contributed by atoms with van der Waals surface area (Å²) in [5.41, 5.74) is 4.12. The van der Waals surface area contributed by atoms with Crippen molar-refractivity contribution < 1.29 is 14.3 Å². The summed E-state index contributed by atoms with van der Waals surface area (Å²) in [4.78, 5) is 26.5. The molecule has 6 nitrogen and oxygen atoms in total. The fourth-order valence-corrected chi connectivity index (χ4v) is 4.19. The van der Waals surface area contributed by atoms with Crippen molar-refractivity contribution >= 4 is 22.5 Å². The number of ether oxygens (including phenoxy) is 2. The summed E-state index contributed by atoms with van der Waals surface area (Å²) in [6, 6.07) is 23.2. The fraction of sp³-hybridized carbons (Fsp3) is 0.241. The van der Waals surface area contributed by atoms with Gasteiger partial charge in [0, 0.05) is 22.7 Å². The third kappa shape index (κ3) is 5.54. The molecule has 0 saturated heterocycles. The molecule has 35 heavy (non-hydrogen) atoms. The molecular weight excluding hydrogens is 440 g/mol. The van der Waals surface area contributed by atoms with E-state index in [1.165, 1.54) is 10.1 Å². The topological polar surface area (TPSA) is 69.6 Å². The minimum atomic E-state index is -0.271. The Morgan fingerprint density at radius 2 is 1.54 bits per heavy atom. The van der Waals surface area contributed by atoms with Gasteiger partial charge in [-0.3, -0.25) is 14.2 Å². The molecule has 1 aromatic heterocycles. The van der Waals surface area contributed by atoms with Crippen molar-refractivity contribution in [3.05, 3.63) is 99.8 Å². The largest absolute Gasteiger partial charge is 0.493 e. The molecule has 1 amide bonds. The van der Waals surface area contributed by atoms with Gasteiger partial charge in [-0.25, -0.2) is 0 Å². The summed E-state index contributed by atoms with van der Waals surface area (Å²) in [5, 5.41) is 3.72. The molecule has 0 unspecified atom stereocenters. The maximum absolute atomic E-state index is 13.5. The minimum Gasteiger partial charge on any atom is -0.493 e. The van der Waals surface area contributed by atoms with Gasteiger partial charge in [-0.15, -0.1) is 0 Å². The maximum atomic E-state index is 13.5. The van der Waals surface area contributed by atoms with Crippen LogP contribution in [0.5, 0.6) is 11.5 Å². The zero-order chi connectivity index (χ0) is 24.8. The number of benzene rings is 3. The third-order valence-corrected chi connectivity index (χ3v) is 6.15. The lowest BCUT2D eigenvalue weighted by atomic mass is 10.0. The molecule has 4 aromatic rings. The van der Waals surface area contributed by atoms with E-state index in [0.29, 0.717) is 34.7 Å². The monoisotopic (exact) mass is 470 g/mol. The number of methoxy groups -OCH3 is 2. The van der Waals surface area contributed by atoms with Crippen LogP contribution in [-0.2, 0) is 30.6 Å². The number of carbonyl (C=O) groups is 1. The van der Waals surface area contributed by atoms with Crippen molar-refractivity contribution in [3.63, 3.8) is 0 Å². The number of amides is 1. The van der Waals surface area contributed by atoms with E-state index >= 15 is 0 Å². The van der Waals surface area contributed by atoms with Crippen LogP contribution in [-0.4, -0.2) is 24.7 Å². The van der Waals surface area contributed by atoms with E-state index in [1.807, 2.05) is 66.7 Å². The molecule has 0 aliphatic heterocycles. The number of nitrogens with zero attached hydrogens (tertiary/aromatic N) is 1. The summed E-state index contributed by atoms with van der Waals surface area (Å²) >= 11 is 0. The molecule has 3 aromatic carbocycles. The quantitative estimate of drug-likeness (QED) is 0.374. The van der Waals surface area contributed by atoms with Gasteiger partial charge in [0.15, 0.2) is 11.5 Å². The highest BCUT2D eigenvalue weighted by molar-refractivity contribution is 5.92. The van der Waals surface area contributed by atoms with E-state index in [0.717, 1.165) is 23.8 Å². The van der Waals surface area contributed by atoms with E-state index in [2.05, 4.69) is 12.2 Å². The molecule has 180 valence electrons. The van der Waals surface area contributed by atoms with E-state index in [1.54, 1.807) is 20.3 Å². The SMILES string of the molecule is CCc1ccc(NC(=O)Cn2c(=O)c(CCc3ccccc3)cc3cc(OC)c(OC)cc32)cc1. The number of hydrogen-bond donors (Lipinski definition) is 1. The third-order valence-electron chi connectivity index (χ3n) is 6.15. The molecule has 1 N–H and O–H groups in total. The first kappa shape index (κ1) is 24.1. The van der Waals surface area contributed by atoms with E-state index < -0.39 is 0 Å². The van der Waals surface area contributed by atoms with Gasteiger partial charge >= 0.3 is 0 Å². The molecule has 1 heterocycles. The number of aryl methyl sites for hydroxylation is 3. The Labute approximate surface area is 205 Å². The second kappa shape index (κ2) is 10.9. The van der Waals surface area contributed by atoms with Gasteiger partial charge < -0.3 is 14.8 Å². The Balaban J connectivity index is 1.70. The smallest absolute Gasteiger partial charge is 0.254 e. The summed E-state index contributed by atoms with van der Waals surface area (Å²) in [6.07, 6.45) is 2.22. The Kier molecular flexibility index (Phi) is 7.51. The molecule has 6 heteroatoms. The number of aromatic nitrogens is 1. The summed E-state index contributed by atoms with van der Waals surface area (Å²) in [7, 11) is 3.13. The summed E-state index contributed by atoms with van der Waals surface area (Å²) in [6.45, 7) is 1.97. The standard InChI is InChI=1S/C29H30N2O4/c1-4-20-11-14-24(15-12-20)30-28(32)19-31-25-18-27(35-3)26(34-2)17-23(25)16-22(29(31)33)13-10-21-8-6-5-7-9-21/h5-9,11-12,14-18H,4,10,13,19H2,1-3H3,(H,30,32). The van der Waals surface area contributed by atoms with Crippen molar-refractivity contribution in [2.45, 2.75) is 32.7 Å². The molecule has 0 atom stereocenters. The van der Waals surface area contributed by atoms with E-state index in [9.17, 15) is 9.59 Å². The lowest BCUT2D eigenvalue weighted by Crippen LogP contribution is -2.30. The van der Waals surface area contributed by atoms with Gasteiger partial charge in [0.1, 0.15) is 6.54 Å². The summed E-state index contributed by atoms with van der Waals surface area (Å²) < 4.78 is 12.4. The number of nitrogens with one attached hydrogen (secondary N) is 1. The highest BCUT2D eigenvalue weighted by Gasteiger charge is 2.16. The predicted octanol–water partition coefficient (Wildman–Crippen LogP) is 5.01. The van der Waals surface area contributed by atoms with Crippen LogP contribution < -0.4 is 20.3 Å². The highest BCUT2D eigenvalue weighted by atomic mass is 16.5. The van der Waals surface area contributed by atoms with Crippen LogP contribution in [0.15, 0.2) is 77.6 Å². The molecule has 0 aliphatic rings. The van der Waals surface area contributed by atoms with Gasteiger partial charge in [0.05, 0.1) is 19.7 Å². The second-order valence-electron chi connectivity index (χ2n) is 8.41. The van der Waals surface area contributed by atoms with Gasteiger partial charge in [0.2, 0.25) is 5.91 Å². The average Bonchev–Trinajstić information content (AvgIpc) is 2.89. The Bertz CT molecular complexity index is 1380. The van der Waals surface area contributed by atoms with Crippen LogP contribution in [0.4, 0.5) is 5.69 Å². The maximum Gasteiger partial charge on any atom is 0.254 e. The van der Waals surface area contributed by atoms with Crippen LogP contribution in [0.2, 0.25) is 0 Å². The van der Waals surface area contributed by atoms with Crippen LogP contribution in [0.3, 0.4) is 0 Å². The van der Waals surface area contributed by atoms with Crippen molar-refractivity contribution in [2.24, 2.45) is 0 Å². The first-order valence-corrected chi connectivity index (χ1v) is 11.7. The Morgan fingerprint density at radius 1 is 0.857 bits per heavy atom. The number of rotatable bonds is 9. The van der Waals surface area contributed by atoms with E-state index in [-0.39, 0.29) is 18.0 Å². The van der Waals surface area contributed by atoms with Gasteiger partial charge in [-0.05, 0) is 54.7 Å². The van der Waals surface area contributed by atoms with Gasteiger partial charge in [0.25, 0.3) is 5.56 Å². The molecule has 0 fully saturated rings. The predicted molar refractivity (Wildman–Crippen MR) is 140 cm³/mol. The second-order valence-corrected chi connectivity index (χ2v) is 8.41. The molecule has 0 radical (unpaired) electrons. The number of anilines is 1. The first-order valence-electron chi connectivity index (χ1n) is 11.7. The highest BCUT2D eigenvalue weighted by Crippen LogP contribution is 2.32. The van der Waals surface area contributed by atoms with Crippen LogP contribution >= 0.6 is 0 Å². The molecule has 0 saturated carbocycles. The molecule has 0 spiro atoms. The van der Waals surface area contributed by atoms with Gasteiger partial charge in [-0.2, -0.15) is 0 Å². The van der Waals surface area contributed by atoms with Gasteiger partial charge in [-0.1, -0.05) is 49.4 Å². The van der Waals surface area contributed by atoms with E-state index in [4.69, 9.17) is 9.47 Å². The molecule has 4 rings (SSSR count). The van der Waals surface area contributed by atoms with Crippen molar-refractivity contribution in [2.75, 3.05) is 19.5 Å². The summed E-state index contributed by atoms with van der Waals surface area (Å²) in [5.74, 6) is 0.799. The average molecular weight is 471 g/mol. The number of carbonyl (C=O) groups excluding carboxylic acids is 1. The zero-order valence-corrected chi connectivity index (χ0v) is 20.3. The van der Waals surface area contributed by atoms with Crippen LogP contribution in [0.25, 0.3) is 10.9 Å². The molecule has 0 bridgehead atoms. The lowest BCUT2D eigenvalue weighted by Gasteiger charge is -2.16. The van der Waals surface area contributed by atoms with Crippen LogP contribution in [0.1, 0.15) is 23.6 Å². The minimum absolute atomic E-state index is 0.112. The fourth-order valence-electron chi connectivity index (χ4n) is 4.19. The number of pyridine rings is 1. The number of hydrogen-bond acceptors (Lipinski definition) is 4. The van der Waals surface area contributed by atoms with Crippen molar-refractivity contribution in [3.8, 4) is 11.5 Å². The van der Waals surface area contributed by atoms with Crippen molar-refractivity contribution in [1.29, 1.82) is 0 Å². The Hall–Kier alpha value is -4.06. The normalized spacial score (nSPS) is 10.8. The zero-order valence-electron chi connectivity index (χ0n) is 20.3. The molecule has 0 aliphatic carbocycles.